The van der Waals surface area contributed by atoms with Crippen LogP contribution in [0.5, 0.6) is 5.75 Å². The minimum absolute atomic E-state index is 0.0931. The second-order valence-corrected chi connectivity index (χ2v) is 2.22. The lowest BCUT2D eigenvalue weighted by molar-refractivity contribution is -0.137. The molecule has 0 unspecified atom stereocenters. The van der Waals surface area contributed by atoms with Crippen molar-refractivity contribution in [1.29, 1.82) is 5.26 Å². The van der Waals surface area contributed by atoms with E-state index in [2.05, 4.69) is 4.74 Å². The number of benzene rings is 1. The summed E-state index contributed by atoms with van der Waals surface area (Å²) in [5.41, 5.74) is -0.766. The number of alkyl halides is 3. The number of hydrogen-bond acceptors (Lipinski definition) is 2. The maximum absolute atomic E-state index is 12.0. The number of hydrogen-bond donors (Lipinski definition) is 0. The molecule has 0 aromatic heterocycles. The molecule has 1 aromatic rings. The monoisotopic (exact) mass is 187 g/mol. The molecule has 0 heterocycles. The third-order valence-corrected chi connectivity index (χ3v) is 1.35. The highest BCUT2D eigenvalue weighted by molar-refractivity contribution is 5.29. The van der Waals surface area contributed by atoms with Crippen molar-refractivity contribution in [2.24, 2.45) is 0 Å². The summed E-state index contributed by atoms with van der Waals surface area (Å²) < 4.78 is 40.3. The van der Waals surface area contributed by atoms with Crippen molar-refractivity contribution in [1.82, 2.24) is 0 Å². The lowest BCUT2D eigenvalue weighted by Crippen LogP contribution is -2.03. The van der Waals surface area contributed by atoms with Crippen LogP contribution in [-0.2, 0) is 6.18 Å². The van der Waals surface area contributed by atoms with E-state index in [4.69, 9.17) is 5.26 Å². The van der Waals surface area contributed by atoms with Gasteiger partial charge in [0.05, 0.1) is 5.56 Å². The molecule has 0 radical (unpaired) electrons. The highest BCUT2D eigenvalue weighted by Crippen LogP contribution is 2.30. The van der Waals surface area contributed by atoms with E-state index in [0.29, 0.717) is 0 Å². The Morgan fingerprint density at radius 1 is 1.15 bits per heavy atom. The van der Waals surface area contributed by atoms with E-state index < -0.39 is 11.7 Å². The van der Waals surface area contributed by atoms with Gasteiger partial charge in [0.2, 0.25) is 0 Å². The van der Waals surface area contributed by atoms with Crippen LogP contribution < -0.4 is 4.74 Å². The van der Waals surface area contributed by atoms with Crippen molar-refractivity contribution >= 4 is 0 Å². The molecule has 0 amide bonds. The molecule has 13 heavy (non-hydrogen) atoms. The quantitative estimate of drug-likeness (QED) is 0.633. The van der Waals surface area contributed by atoms with Gasteiger partial charge >= 0.3 is 6.18 Å². The highest BCUT2D eigenvalue weighted by Gasteiger charge is 2.29. The molecule has 1 rings (SSSR count). The Bertz CT molecular complexity index is 323. The topological polar surface area (TPSA) is 33.0 Å². The van der Waals surface area contributed by atoms with Crippen LogP contribution in [0.1, 0.15) is 5.56 Å². The Balaban J connectivity index is 2.89. The zero-order valence-electron chi connectivity index (χ0n) is 6.30. The molecule has 0 fully saturated rings. The minimum Gasteiger partial charge on any atom is -0.388 e. The molecule has 0 N–H and O–H groups in total. The fourth-order valence-electron chi connectivity index (χ4n) is 0.765. The van der Waals surface area contributed by atoms with Crippen LogP contribution in [0.25, 0.3) is 0 Å². The SMILES string of the molecule is N#COc1ccc(C(F)(F)F)cc1. The van der Waals surface area contributed by atoms with Crippen LogP contribution in [0, 0.1) is 11.5 Å². The maximum Gasteiger partial charge on any atom is 0.416 e. The first-order valence-electron chi connectivity index (χ1n) is 3.27. The first-order chi connectivity index (χ1) is 6.04. The molecule has 68 valence electrons. The normalized spacial score (nSPS) is 10.6. The predicted molar refractivity (Wildman–Crippen MR) is 37.7 cm³/mol. The highest BCUT2D eigenvalue weighted by atomic mass is 19.4. The maximum atomic E-state index is 12.0. The standard InChI is InChI=1S/C8H4F3NO/c9-8(10,11)6-1-3-7(4-2-6)13-5-12/h1-4H. The molecular weight excluding hydrogens is 183 g/mol. The Morgan fingerprint density at radius 3 is 2.08 bits per heavy atom. The summed E-state index contributed by atoms with van der Waals surface area (Å²) in [6, 6.07) is 3.89. The molecule has 0 bridgehead atoms. The predicted octanol–water partition coefficient (Wildman–Crippen LogP) is 2.57. The van der Waals surface area contributed by atoms with E-state index in [9.17, 15) is 13.2 Å². The fourth-order valence-corrected chi connectivity index (χ4v) is 0.765. The van der Waals surface area contributed by atoms with Crippen LogP contribution in [-0.4, -0.2) is 0 Å². The summed E-state index contributed by atoms with van der Waals surface area (Å²) >= 11 is 0. The molecule has 1 aromatic carbocycles. The van der Waals surface area contributed by atoms with Crippen molar-refractivity contribution in [2.75, 3.05) is 0 Å². The van der Waals surface area contributed by atoms with E-state index >= 15 is 0 Å². The van der Waals surface area contributed by atoms with Crippen LogP contribution in [0.4, 0.5) is 13.2 Å². The Hall–Kier alpha value is -1.70. The smallest absolute Gasteiger partial charge is 0.388 e. The average Bonchev–Trinajstić information content (AvgIpc) is 2.04. The van der Waals surface area contributed by atoms with Gasteiger partial charge in [0.15, 0.2) is 0 Å². The number of halogens is 3. The van der Waals surface area contributed by atoms with Crippen molar-refractivity contribution in [3.05, 3.63) is 29.8 Å². The van der Waals surface area contributed by atoms with Crippen molar-refractivity contribution < 1.29 is 17.9 Å². The zero-order valence-corrected chi connectivity index (χ0v) is 6.30. The van der Waals surface area contributed by atoms with Crippen LogP contribution >= 0.6 is 0 Å². The number of nitriles is 1. The largest absolute Gasteiger partial charge is 0.416 e. The van der Waals surface area contributed by atoms with Gasteiger partial charge in [-0.1, -0.05) is 0 Å². The summed E-state index contributed by atoms with van der Waals surface area (Å²) in [6.45, 7) is 0. The zero-order chi connectivity index (χ0) is 9.90. The second kappa shape index (κ2) is 3.35. The Kier molecular flexibility index (Phi) is 2.42. The summed E-state index contributed by atoms with van der Waals surface area (Å²) in [4.78, 5) is 0. The number of nitrogens with zero attached hydrogens (tertiary/aromatic N) is 1. The van der Waals surface area contributed by atoms with Crippen LogP contribution in [0.15, 0.2) is 24.3 Å². The van der Waals surface area contributed by atoms with Crippen LogP contribution in [0.3, 0.4) is 0 Å². The van der Waals surface area contributed by atoms with Crippen molar-refractivity contribution in [3.63, 3.8) is 0 Å². The molecule has 2 nitrogen and oxygen atoms in total. The first kappa shape index (κ1) is 9.39. The Labute approximate surface area is 72.2 Å². The molecule has 0 aliphatic heterocycles. The average molecular weight is 187 g/mol. The number of rotatable bonds is 1. The molecule has 0 saturated heterocycles. The number of ether oxygens (including phenoxy) is 1. The van der Waals surface area contributed by atoms with Gasteiger partial charge in [-0.05, 0) is 24.3 Å². The molecule has 0 aliphatic rings. The van der Waals surface area contributed by atoms with Crippen LogP contribution in [0.2, 0.25) is 0 Å². The molecule has 0 saturated carbocycles. The minimum atomic E-state index is -4.36. The molecular formula is C8H4F3NO. The summed E-state index contributed by atoms with van der Waals surface area (Å²) in [7, 11) is 0. The summed E-state index contributed by atoms with van der Waals surface area (Å²) in [6.07, 6.45) is -3.00. The lowest BCUT2D eigenvalue weighted by atomic mass is 10.2. The molecule has 0 aliphatic carbocycles. The summed E-state index contributed by atoms with van der Waals surface area (Å²) in [5.74, 6) is 0.0931. The van der Waals surface area contributed by atoms with Gasteiger partial charge in [-0.25, -0.2) is 0 Å². The van der Waals surface area contributed by atoms with E-state index in [0.717, 1.165) is 24.3 Å². The van der Waals surface area contributed by atoms with Gasteiger partial charge in [0.25, 0.3) is 6.26 Å². The summed E-state index contributed by atoms with van der Waals surface area (Å²) in [5, 5.41) is 8.05. The van der Waals surface area contributed by atoms with E-state index in [1.165, 1.54) is 6.26 Å². The van der Waals surface area contributed by atoms with Gasteiger partial charge in [0, 0.05) is 0 Å². The third-order valence-electron chi connectivity index (χ3n) is 1.35. The van der Waals surface area contributed by atoms with E-state index in [1.54, 1.807) is 0 Å². The van der Waals surface area contributed by atoms with Gasteiger partial charge in [-0.15, -0.1) is 5.26 Å². The van der Waals surface area contributed by atoms with E-state index in [1.807, 2.05) is 0 Å². The van der Waals surface area contributed by atoms with Gasteiger partial charge < -0.3 is 4.74 Å². The van der Waals surface area contributed by atoms with Crippen molar-refractivity contribution in [3.8, 4) is 12.0 Å². The molecule has 0 atom stereocenters. The Morgan fingerprint density at radius 2 is 1.69 bits per heavy atom. The van der Waals surface area contributed by atoms with Crippen molar-refractivity contribution in [2.45, 2.75) is 6.18 Å². The van der Waals surface area contributed by atoms with Gasteiger partial charge in [-0.2, -0.15) is 13.2 Å². The van der Waals surface area contributed by atoms with Gasteiger partial charge in [-0.3, -0.25) is 0 Å². The molecule has 0 spiro atoms. The first-order valence-corrected chi connectivity index (χ1v) is 3.27. The second-order valence-electron chi connectivity index (χ2n) is 2.22. The van der Waals surface area contributed by atoms with Gasteiger partial charge in [0.1, 0.15) is 5.75 Å². The molecule has 5 heteroatoms. The fraction of sp³-hybridized carbons (Fsp3) is 0.125. The van der Waals surface area contributed by atoms with E-state index in [-0.39, 0.29) is 5.75 Å². The third kappa shape index (κ3) is 2.37. The lowest BCUT2D eigenvalue weighted by Gasteiger charge is -2.05.